The molecule has 1 saturated heterocycles. The van der Waals surface area contributed by atoms with Crippen LogP contribution in [-0.2, 0) is 22.4 Å². The molecule has 1 aromatic rings. The molecule has 0 bridgehead atoms. The van der Waals surface area contributed by atoms with Crippen molar-refractivity contribution in [1.82, 2.24) is 10.2 Å². The molecule has 2 fully saturated rings. The average molecular weight is 399 g/mol. The Morgan fingerprint density at radius 1 is 1.03 bits per heavy atom. The second kappa shape index (κ2) is 9.86. The van der Waals surface area contributed by atoms with Gasteiger partial charge < -0.3 is 10.1 Å². The molecule has 158 valence electrons. The Hall–Kier alpha value is -1.72. The summed E-state index contributed by atoms with van der Waals surface area (Å²) < 4.78 is 5.49. The molecule has 0 spiro atoms. The number of benzene rings is 1. The Bertz CT molecular complexity index is 721. The lowest BCUT2D eigenvalue weighted by Crippen LogP contribution is -2.54. The van der Waals surface area contributed by atoms with Crippen molar-refractivity contribution in [1.29, 1.82) is 0 Å². The van der Waals surface area contributed by atoms with Gasteiger partial charge in [0.25, 0.3) is 0 Å². The predicted octanol–water partition coefficient (Wildman–Crippen LogP) is 3.29. The molecule has 5 heteroatoms. The van der Waals surface area contributed by atoms with Crippen LogP contribution in [0.1, 0.15) is 72.9 Å². The van der Waals surface area contributed by atoms with E-state index in [9.17, 15) is 9.59 Å². The van der Waals surface area contributed by atoms with E-state index in [2.05, 4.69) is 16.3 Å². The molecule has 1 aliphatic heterocycles. The summed E-state index contributed by atoms with van der Waals surface area (Å²) in [5.41, 5.74) is 3.37. The number of ether oxygens (including phenoxy) is 1. The van der Waals surface area contributed by atoms with E-state index in [0.717, 1.165) is 37.7 Å². The zero-order valence-electron chi connectivity index (χ0n) is 17.5. The summed E-state index contributed by atoms with van der Waals surface area (Å²) in [4.78, 5) is 28.7. The third-order valence-corrected chi connectivity index (χ3v) is 6.82. The van der Waals surface area contributed by atoms with Gasteiger partial charge >= 0.3 is 0 Å². The molecule has 1 saturated carbocycles. The number of Topliss-reactive ketones (excluding diaryl/α,β-unsaturated/α-hetero) is 1. The van der Waals surface area contributed by atoms with Crippen LogP contribution in [0.25, 0.3) is 0 Å². The third-order valence-electron chi connectivity index (χ3n) is 6.82. The molecule has 2 aliphatic carbocycles. The van der Waals surface area contributed by atoms with Crippen LogP contribution < -0.4 is 5.32 Å². The van der Waals surface area contributed by atoms with E-state index in [1.807, 2.05) is 12.1 Å². The molecule has 1 amide bonds. The number of ketones is 1. The lowest BCUT2D eigenvalue weighted by Gasteiger charge is -2.35. The second-order valence-electron chi connectivity index (χ2n) is 8.79. The van der Waals surface area contributed by atoms with Crippen molar-refractivity contribution in [2.24, 2.45) is 0 Å². The molecule has 29 heavy (non-hydrogen) atoms. The number of amides is 1. The summed E-state index contributed by atoms with van der Waals surface area (Å²) in [5.74, 6) is 0.135. The van der Waals surface area contributed by atoms with Crippen molar-refractivity contribution >= 4 is 11.7 Å². The molecule has 0 aromatic heterocycles. The van der Waals surface area contributed by atoms with E-state index in [-0.39, 0.29) is 24.2 Å². The smallest absolute Gasteiger partial charge is 0.238 e. The highest BCUT2D eigenvalue weighted by molar-refractivity contribution is 6.01. The van der Waals surface area contributed by atoms with E-state index >= 15 is 0 Å². The number of nitrogens with zero attached hydrogens (tertiary/aromatic N) is 1. The largest absolute Gasteiger partial charge is 0.379 e. The van der Waals surface area contributed by atoms with Gasteiger partial charge in [0, 0.05) is 31.1 Å². The highest BCUT2D eigenvalue weighted by Crippen LogP contribution is 2.26. The third kappa shape index (κ3) is 5.07. The van der Waals surface area contributed by atoms with Gasteiger partial charge in [0.1, 0.15) is 0 Å². The lowest BCUT2D eigenvalue weighted by atomic mass is 9.85. The fourth-order valence-corrected chi connectivity index (χ4v) is 5.15. The maximum Gasteiger partial charge on any atom is 0.238 e. The van der Waals surface area contributed by atoms with E-state index in [1.54, 1.807) is 0 Å². The number of carbonyl (C=O) groups excluding carboxylic acids is 2. The molecular weight excluding hydrogens is 364 g/mol. The minimum Gasteiger partial charge on any atom is -0.379 e. The molecule has 5 nitrogen and oxygen atoms in total. The fourth-order valence-electron chi connectivity index (χ4n) is 5.15. The topological polar surface area (TPSA) is 58.6 Å². The number of carbonyl (C=O) groups is 2. The highest BCUT2D eigenvalue weighted by Gasteiger charge is 2.32. The van der Waals surface area contributed by atoms with Crippen molar-refractivity contribution < 1.29 is 14.3 Å². The summed E-state index contributed by atoms with van der Waals surface area (Å²) in [6.45, 7) is 2.68. The molecule has 3 aliphatic rings. The van der Waals surface area contributed by atoms with Crippen LogP contribution in [0.4, 0.5) is 0 Å². The number of nitrogens with one attached hydrogen (secondary N) is 1. The summed E-state index contributed by atoms with van der Waals surface area (Å²) in [6.07, 6.45) is 10.4. The maximum absolute atomic E-state index is 13.3. The zero-order chi connectivity index (χ0) is 20.1. The Balaban J connectivity index is 1.50. The normalized spacial score (nSPS) is 21.9. The van der Waals surface area contributed by atoms with Crippen LogP contribution in [0.15, 0.2) is 18.2 Å². The van der Waals surface area contributed by atoms with E-state index in [1.165, 1.54) is 36.8 Å². The van der Waals surface area contributed by atoms with Gasteiger partial charge in [-0.1, -0.05) is 37.5 Å². The molecule has 0 radical (unpaired) electrons. The fraction of sp³-hybridized carbons (Fsp3) is 0.667. The molecule has 1 unspecified atom stereocenters. The quantitative estimate of drug-likeness (QED) is 0.747. The van der Waals surface area contributed by atoms with Crippen LogP contribution in [0, 0.1) is 0 Å². The van der Waals surface area contributed by atoms with Crippen molar-refractivity contribution in [3.05, 3.63) is 34.9 Å². The second-order valence-corrected chi connectivity index (χ2v) is 8.79. The minimum atomic E-state index is -0.396. The van der Waals surface area contributed by atoms with E-state index < -0.39 is 6.04 Å². The Kier molecular flexibility index (Phi) is 6.98. The molecule has 1 heterocycles. The van der Waals surface area contributed by atoms with Crippen LogP contribution in [-0.4, -0.2) is 55.0 Å². The van der Waals surface area contributed by atoms with Gasteiger partial charge in [-0.05, 0) is 49.7 Å². The highest BCUT2D eigenvalue weighted by atomic mass is 16.5. The first kappa shape index (κ1) is 20.5. The van der Waals surface area contributed by atoms with Crippen LogP contribution >= 0.6 is 0 Å². The predicted molar refractivity (Wildman–Crippen MR) is 113 cm³/mol. The molecule has 1 aromatic carbocycles. The Labute approximate surface area is 174 Å². The van der Waals surface area contributed by atoms with Gasteiger partial charge in [-0.25, -0.2) is 0 Å². The standard InChI is InChI=1S/C24H34N2O3/c27-23(21-12-6-8-18-7-4-5-11-20(18)21)17-22(26-13-15-29-16-14-26)24(28)25-19-9-2-1-3-10-19/h6,8,12,19,22H,1-5,7,9-11,13-17H2,(H,25,28). The lowest BCUT2D eigenvalue weighted by molar-refractivity contribution is -0.129. The van der Waals surface area contributed by atoms with Gasteiger partial charge in [-0.3, -0.25) is 14.5 Å². The van der Waals surface area contributed by atoms with Crippen LogP contribution in [0.2, 0.25) is 0 Å². The Morgan fingerprint density at radius 3 is 2.59 bits per heavy atom. The van der Waals surface area contributed by atoms with Gasteiger partial charge in [-0.2, -0.15) is 0 Å². The van der Waals surface area contributed by atoms with Gasteiger partial charge in [-0.15, -0.1) is 0 Å². The summed E-state index contributed by atoms with van der Waals surface area (Å²) in [5, 5.41) is 3.26. The number of rotatable bonds is 6. The molecular formula is C24H34N2O3. The number of aryl methyl sites for hydroxylation is 1. The number of hydrogen-bond donors (Lipinski definition) is 1. The van der Waals surface area contributed by atoms with Crippen LogP contribution in [0.3, 0.4) is 0 Å². The monoisotopic (exact) mass is 398 g/mol. The van der Waals surface area contributed by atoms with Crippen LogP contribution in [0.5, 0.6) is 0 Å². The SMILES string of the molecule is O=C(CC(C(=O)NC1CCCCC1)N1CCOCC1)c1cccc2c1CCCC2. The first-order valence-electron chi connectivity index (χ1n) is 11.5. The van der Waals surface area contributed by atoms with Crippen molar-refractivity contribution in [2.75, 3.05) is 26.3 Å². The van der Waals surface area contributed by atoms with E-state index in [0.29, 0.717) is 26.3 Å². The average Bonchev–Trinajstić information content (AvgIpc) is 2.78. The maximum atomic E-state index is 13.3. The van der Waals surface area contributed by atoms with Crippen molar-refractivity contribution in [3.8, 4) is 0 Å². The minimum absolute atomic E-state index is 0.0250. The number of fused-ring (bicyclic) bond motifs is 1. The number of morpholine rings is 1. The molecule has 4 rings (SSSR count). The van der Waals surface area contributed by atoms with Gasteiger partial charge in [0.15, 0.2) is 5.78 Å². The summed E-state index contributed by atoms with van der Waals surface area (Å²) in [7, 11) is 0. The first-order valence-corrected chi connectivity index (χ1v) is 11.5. The summed E-state index contributed by atoms with van der Waals surface area (Å²) in [6, 6.07) is 5.98. The van der Waals surface area contributed by atoms with Gasteiger partial charge in [0.05, 0.1) is 19.3 Å². The van der Waals surface area contributed by atoms with E-state index in [4.69, 9.17) is 4.74 Å². The first-order chi connectivity index (χ1) is 14.2. The van der Waals surface area contributed by atoms with Gasteiger partial charge in [0.2, 0.25) is 5.91 Å². The molecule has 1 atom stereocenters. The number of hydrogen-bond acceptors (Lipinski definition) is 4. The zero-order valence-corrected chi connectivity index (χ0v) is 17.5. The molecule has 1 N–H and O–H groups in total. The summed E-state index contributed by atoms with van der Waals surface area (Å²) >= 11 is 0. The Morgan fingerprint density at radius 2 is 1.79 bits per heavy atom. The van der Waals surface area contributed by atoms with Crippen molar-refractivity contribution in [2.45, 2.75) is 76.3 Å². The van der Waals surface area contributed by atoms with Crippen molar-refractivity contribution in [3.63, 3.8) is 0 Å².